The smallest absolute Gasteiger partial charge is 0.308 e. The zero-order valence-corrected chi connectivity index (χ0v) is 15.0. The highest BCUT2D eigenvalue weighted by Gasteiger charge is 2.53. The lowest BCUT2D eigenvalue weighted by atomic mass is 9.63. The lowest BCUT2D eigenvalue weighted by Gasteiger charge is -2.51. The first-order valence-corrected chi connectivity index (χ1v) is 9.52. The van der Waals surface area contributed by atoms with Gasteiger partial charge in [-0.2, -0.15) is 0 Å². The summed E-state index contributed by atoms with van der Waals surface area (Å²) in [6.45, 7) is 3.16. The fourth-order valence-corrected chi connectivity index (χ4v) is 4.97. The summed E-state index contributed by atoms with van der Waals surface area (Å²) in [7, 11) is 0. The van der Waals surface area contributed by atoms with Gasteiger partial charge < -0.3 is 4.90 Å². The minimum absolute atomic E-state index is 0.0276. The first-order valence-electron chi connectivity index (χ1n) is 9.52. The number of carbonyl (C=O) groups excluding carboxylic acids is 3. The summed E-state index contributed by atoms with van der Waals surface area (Å²) in [5, 5.41) is 5.84. The van der Waals surface area contributed by atoms with Crippen molar-refractivity contribution in [2.45, 2.75) is 38.3 Å². The van der Waals surface area contributed by atoms with Gasteiger partial charge in [-0.1, -0.05) is 37.3 Å². The summed E-state index contributed by atoms with van der Waals surface area (Å²) in [4.78, 5) is 39.5. The van der Waals surface area contributed by atoms with E-state index in [9.17, 15) is 14.4 Å². The van der Waals surface area contributed by atoms with E-state index in [4.69, 9.17) is 0 Å². The van der Waals surface area contributed by atoms with E-state index in [1.165, 1.54) is 0 Å². The standard InChI is InChI=1S/C20H25N3O3/c1-2-8-23-18-17(19(25)22-20(23)26)14-9-13(12-6-4-3-5-7-12)10-16(24)15(14)11-21-18/h3-7,13-15,17-18,21H,2,8-11H2,1H3,(H,22,25,26). The van der Waals surface area contributed by atoms with E-state index in [1.54, 1.807) is 4.90 Å². The molecule has 0 aromatic heterocycles. The van der Waals surface area contributed by atoms with E-state index >= 15 is 0 Å². The van der Waals surface area contributed by atoms with Crippen molar-refractivity contribution in [1.29, 1.82) is 0 Å². The molecule has 0 bridgehead atoms. The van der Waals surface area contributed by atoms with Gasteiger partial charge in [0.15, 0.2) is 0 Å². The van der Waals surface area contributed by atoms with Gasteiger partial charge in [0.1, 0.15) is 5.78 Å². The first-order chi connectivity index (χ1) is 12.6. The number of hydrogen-bond acceptors (Lipinski definition) is 4. The molecular weight excluding hydrogens is 330 g/mol. The van der Waals surface area contributed by atoms with Crippen molar-refractivity contribution in [1.82, 2.24) is 15.5 Å². The Morgan fingerprint density at radius 1 is 1.15 bits per heavy atom. The summed E-state index contributed by atoms with van der Waals surface area (Å²) < 4.78 is 0. The molecule has 26 heavy (non-hydrogen) atoms. The van der Waals surface area contributed by atoms with Gasteiger partial charge in [0.25, 0.3) is 0 Å². The summed E-state index contributed by atoms with van der Waals surface area (Å²) in [5.74, 6) is -0.398. The summed E-state index contributed by atoms with van der Waals surface area (Å²) in [6, 6.07) is 9.75. The highest BCUT2D eigenvalue weighted by Crippen LogP contribution is 2.45. The highest BCUT2D eigenvalue weighted by atomic mass is 16.2. The van der Waals surface area contributed by atoms with Crippen LogP contribution in [-0.2, 0) is 9.59 Å². The quantitative estimate of drug-likeness (QED) is 0.868. The Morgan fingerprint density at radius 2 is 1.92 bits per heavy atom. The van der Waals surface area contributed by atoms with Gasteiger partial charge in [-0.15, -0.1) is 0 Å². The predicted octanol–water partition coefficient (Wildman–Crippen LogP) is 1.87. The van der Waals surface area contributed by atoms with E-state index < -0.39 is 0 Å². The number of urea groups is 1. The topological polar surface area (TPSA) is 78.5 Å². The number of hydrogen-bond donors (Lipinski definition) is 2. The minimum atomic E-state index is -0.367. The van der Waals surface area contributed by atoms with E-state index in [1.807, 2.05) is 25.1 Å². The van der Waals surface area contributed by atoms with Gasteiger partial charge in [0.05, 0.1) is 12.1 Å². The van der Waals surface area contributed by atoms with Crippen LogP contribution in [0.1, 0.15) is 37.7 Å². The monoisotopic (exact) mass is 355 g/mol. The molecule has 1 saturated carbocycles. The molecule has 138 valence electrons. The summed E-state index contributed by atoms with van der Waals surface area (Å²) in [5.41, 5.74) is 1.16. The second kappa shape index (κ2) is 6.83. The number of amides is 3. The molecule has 3 fully saturated rings. The fourth-order valence-electron chi connectivity index (χ4n) is 4.97. The molecule has 5 atom stereocenters. The van der Waals surface area contributed by atoms with E-state index in [2.05, 4.69) is 22.8 Å². The Morgan fingerprint density at radius 3 is 2.65 bits per heavy atom. The van der Waals surface area contributed by atoms with Gasteiger partial charge in [-0.3, -0.25) is 20.2 Å². The third-order valence-corrected chi connectivity index (χ3v) is 6.15. The van der Waals surface area contributed by atoms with Crippen molar-refractivity contribution in [2.24, 2.45) is 17.8 Å². The molecular formula is C20H25N3O3. The number of nitrogens with zero attached hydrogens (tertiary/aromatic N) is 1. The van der Waals surface area contributed by atoms with E-state index in [0.29, 0.717) is 19.5 Å². The molecule has 0 radical (unpaired) electrons. The Hall–Kier alpha value is -2.21. The molecule has 1 aromatic rings. The van der Waals surface area contributed by atoms with Gasteiger partial charge in [0.2, 0.25) is 5.91 Å². The highest BCUT2D eigenvalue weighted by molar-refractivity contribution is 5.99. The Bertz CT molecular complexity index is 720. The Kier molecular flexibility index (Phi) is 4.53. The molecule has 1 aromatic carbocycles. The average molecular weight is 355 g/mol. The number of carbonyl (C=O) groups is 3. The van der Waals surface area contributed by atoms with Gasteiger partial charge in [-0.05, 0) is 30.2 Å². The third-order valence-electron chi connectivity index (χ3n) is 6.15. The number of fused-ring (bicyclic) bond motifs is 3. The second-order valence-electron chi connectivity index (χ2n) is 7.65. The van der Waals surface area contributed by atoms with Crippen LogP contribution in [0.2, 0.25) is 0 Å². The van der Waals surface area contributed by atoms with Crippen molar-refractivity contribution >= 4 is 17.7 Å². The number of benzene rings is 1. The number of ketones is 1. The number of imide groups is 1. The molecule has 2 aliphatic heterocycles. The lowest BCUT2D eigenvalue weighted by molar-refractivity contribution is -0.141. The van der Waals surface area contributed by atoms with Gasteiger partial charge in [0, 0.05) is 25.4 Å². The molecule has 6 heteroatoms. The van der Waals surface area contributed by atoms with Crippen LogP contribution < -0.4 is 10.6 Å². The van der Waals surface area contributed by atoms with Crippen molar-refractivity contribution in [2.75, 3.05) is 13.1 Å². The van der Waals surface area contributed by atoms with Crippen LogP contribution in [0, 0.1) is 17.8 Å². The SMILES string of the molecule is CCCN1C(=O)NC(=O)C2C3CC(c4ccccc4)CC(=O)C3CNC21. The molecule has 2 saturated heterocycles. The van der Waals surface area contributed by atoms with Crippen LogP contribution in [0.15, 0.2) is 30.3 Å². The molecule has 4 rings (SSSR count). The van der Waals surface area contributed by atoms with Gasteiger partial charge >= 0.3 is 6.03 Å². The first kappa shape index (κ1) is 17.2. The molecule has 0 spiro atoms. The summed E-state index contributed by atoms with van der Waals surface area (Å²) >= 11 is 0. The predicted molar refractivity (Wildman–Crippen MR) is 96.2 cm³/mol. The minimum Gasteiger partial charge on any atom is -0.308 e. The third kappa shape index (κ3) is 2.82. The number of Topliss-reactive ketones (excluding diaryl/α,β-unsaturated/α-hetero) is 1. The van der Waals surface area contributed by atoms with Crippen LogP contribution in [0.5, 0.6) is 0 Å². The Balaban J connectivity index is 1.63. The fraction of sp³-hybridized carbons (Fsp3) is 0.550. The van der Waals surface area contributed by atoms with Crippen LogP contribution in [0.3, 0.4) is 0 Å². The number of rotatable bonds is 3. The lowest BCUT2D eigenvalue weighted by Crippen LogP contribution is -2.71. The molecule has 6 nitrogen and oxygen atoms in total. The van der Waals surface area contributed by atoms with Gasteiger partial charge in [-0.25, -0.2) is 4.79 Å². The molecule has 3 aliphatic rings. The maximum absolute atomic E-state index is 12.8. The summed E-state index contributed by atoms with van der Waals surface area (Å²) in [6.07, 6.45) is 1.86. The van der Waals surface area contributed by atoms with Crippen LogP contribution in [0.4, 0.5) is 4.79 Å². The van der Waals surface area contributed by atoms with Crippen LogP contribution in [0.25, 0.3) is 0 Å². The molecule has 2 N–H and O–H groups in total. The maximum Gasteiger partial charge on any atom is 0.325 e. The Labute approximate surface area is 153 Å². The zero-order valence-electron chi connectivity index (χ0n) is 15.0. The van der Waals surface area contributed by atoms with E-state index in [0.717, 1.165) is 18.4 Å². The van der Waals surface area contributed by atoms with E-state index in [-0.39, 0.29) is 47.6 Å². The molecule has 1 aliphatic carbocycles. The van der Waals surface area contributed by atoms with Crippen molar-refractivity contribution in [3.63, 3.8) is 0 Å². The average Bonchev–Trinajstić information content (AvgIpc) is 2.65. The molecule has 2 heterocycles. The van der Waals surface area contributed by atoms with Crippen LogP contribution >= 0.6 is 0 Å². The number of nitrogens with one attached hydrogen (secondary N) is 2. The van der Waals surface area contributed by atoms with Crippen molar-refractivity contribution in [3.8, 4) is 0 Å². The number of piperidine rings is 1. The normalized spacial score (nSPS) is 34.1. The maximum atomic E-state index is 12.8. The molecule has 5 unspecified atom stereocenters. The van der Waals surface area contributed by atoms with Crippen molar-refractivity contribution < 1.29 is 14.4 Å². The zero-order chi connectivity index (χ0) is 18.3. The van der Waals surface area contributed by atoms with Crippen LogP contribution in [-0.4, -0.2) is 41.9 Å². The molecule has 3 amide bonds. The van der Waals surface area contributed by atoms with Crippen molar-refractivity contribution in [3.05, 3.63) is 35.9 Å². The largest absolute Gasteiger partial charge is 0.325 e. The second-order valence-corrected chi connectivity index (χ2v) is 7.65.